The lowest BCUT2D eigenvalue weighted by Gasteiger charge is -2.32. The smallest absolute Gasteiger partial charge is 0.290 e. The average Bonchev–Trinajstić information content (AvgIpc) is 2.77. The van der Waals surface area contributed by atoms with Crippen molar-refractivity contribution in [3.8, 4) is 0 Å². The molecule has 21 heavy (non-hydrogen) atoms. The van der Waals surface area contributed by atoms with Gasteiger partial charge in [-0.3, -0.25) is 9.00 Å². The number of para-hydroxylation sites is 1. The number of carbonyl (C=O) groups excluding carboxylic acids is 1. The number of hydrogen-bond donors (Lipinski definition) is 0. The van der Waals surface area contributed by atoms with Gasteiger partial charge in [-0.05, 0) is 19.9 Å². The molecule has 1 aliphatic heterocycles. The lowest BCUT2D eigenvalue weighted by atomic mass is 10.1. The van der Waals surface area contributed by atoms with Gasteiger partial charge < -0.3 is 9.32 Å². The molecule has 1 amide bonds. The minimum absolute atomic E-state index is 0.0461. The van der Waals surface area contributed by atoms with E-state index in [0.29, 0.717) is 34.4 Å². The molecule has 0 aliphatic carbocycles. The van der Waals surface area contributed by atoms with Crippen molar-refractivity contribution in [1.82, 2.24) is 4.90 Å². The van der Waals surface area contributed by atoms with E-state index in [-0.39, 0.29) is 11.9 Å². The second-order valence-corrected chi connectivity index (χ2v) is 7.36. The number of hydrogen-bond acceptors (Lipinski definition) is 3. The molecule has 1 aliphatic rings. The van der Waals surface area contributed by atoms with Crippen molar-refractivity contribution in [2.45, 2.75) is 19.9 Å². The van der Waals surface area contributed by atoms with Gasteiger partial charge in [-0.25, -0.2) is 0 Å². The van der Waals surface area contributed by atoms with E-state index >= 15 is 0 Å². The second kappa shape index (κ2) is 5.46. The van der Waals surface area contributed by atoms with Gasteiger partial charge in [0.15, 0.2) is 11.3 Å². The molecule has 6 heteroatoms. The van der Waals surface area contributed by atoms with E-state index in [1.165, 1.54) is 0 Å². The quantitative estimate of drug-likeness (QED) is 0.810. The van der Waals surface area contributed by atoms with Crippen LogP contribution in [-0.2, 0) is 10.8 Å². The first kappa shape index (κ1) is 14.6. The van der Waals surface area contributed by atoms with E-state index in [1.807, 2.05) is 26.0 Å². The number of halogens is 1. The summed E-state index contributed by atoms with van der Waals surface area (Å²) in [5, 5.41) is 1.36. The summed E-state index contributed by atoms with van der Waals surface area (Å²) in [5.74, 6) is 1.23. The normalized spacial score (nSPS) is 22.7. The third-order valence-corrected chi connectivity index (χ3v) is 5.68. The summed E-state index contributed by atoms with van der Waals surface area (Å²) in [6.07, 6.45) is 0. The molecule has 4 nitrogen and oxygen atoms in total. The van der Waals surface area contributed by atoms with Gasteiger partial charge >= 0.3 is 0 Å². The summed E-state index contributed by atoms with van der Waals surface area (Å²) in [6, 6.07) is 5.43. The van der Waals surface area contributed by atoms with E-state index in [4.69, 9.17) is 16.0 Å². The first-order valence-electron chi connectivity index (χ1n) is 6.82. The highest BCUT2D eigenvalue weighted by molar-refractivity contribution is 7.85. The van der Waals surface area contributed by atoms with E-state index in [1.54, 1.807) is 11.0 Å². The highest BCUT2D eigenvalue weighted by Crippen LogP contribution is 2.31. The zero-order valence-corrected chi connectivity index (χ0v) is 13.5. The Morgan fingerprint density at radius 3 is 2.90 bits per heavy atom. The first-order chi connectivity index (χ1) is 9.99. The van der Waals surface area contributed by atoms with Crippen LogP contribution in [0.4, 0.5) is 0 Å². The number of furan rings is 1. The van der Waals surface area contributed by atoms with E-state index in [2.05, 4.69) is 0 Å². The molecule has 3 rings (SSSR count). The average molecular weight is 326 g/mol. The zero-order chi connectivity index (χ0) is 15.1. The Morgan fingerprint density at radius 2 is 2.24 bits per heavy atom. The summed E-state index contributed by atoms with van der Waals surface area (Å²) in [4.78, 5) is 14.4. The SMILES string of the molecule is Cc1c(C(=O)N2CC[S@](=O)C[C@H]2C)oc2c(Cl)cccc12. The summed E-state index contributed by atoms with van der Waals surface area (Å²) < 4.78 is 17.3. The van der Waals surface area contributed by atoms with Crippen LogP contribution < -0.4 is 0 Å². The second-order valence-electron chi connectivity index (χ2n) is 5.33. The van der Waals surface area contributed by atoms with Crippen molar-refractivity contribution in [1.29, 1.82) is 0 Å². The molecule has 0 radical (unpaired) electrons. The van der Waals surface area contributed by atoms with E-state index in [0.717, 1.165) is 10.9 Å². The maximum Gasteiger partial charge on any atom is 0.290 e. The van der Waals surface area contributed by atoms with Gasteiger partial charge in [0.05, 0.1) is 5.02 Å². The van der Waals surface area contributed by atoms with Crippen LogP contribution in [0, 0.1) is 6.92 Å². The monoisotopic (exact) mass is 325 g/mol. The fourth-order valence-corrected chi connectivity index (χ4v) is 4.21. The fourth-order valence-electron chi connectivity index (χ4n) is 2.71. The molecular weight excluding hydrogens is 310 g/mol. The van der Waals surface area contributed by atoms with Gasteiger partial charge in [-0.15, -0.1) is 0 Å². The third kappa shape index (κ3) is 2.49. The minimum Gasteiger partial charge on any atom is -0.449 e. The summed E-state index contributed by atoms with van der Waals surface area (Å²) in [6.45, 7) is 4.28. The highest BCUT2D eigenvalue weighted by atomic mass is 35.5. The van der Waals surface area contributed by atoms with Gasteiger partial charge in [0.2, 0.25) is 0 Å². The molecule has 112 valence electrons. The van der Waals surface area contributed by atoms with Gasteiger partial charge in [-0.1, -0.05) is 23.7 Å². The molecule has 2 aromatic rings. The van der Waals surface area contributed by atoms with Crippen molar-refractivity contribution >= 4 is 39.3 Å². The molecule has 1 fully saturated rings. The van der Waals surface area contributed by atoms with Crippen LogP contribution in [-0.4, -0.2) is 39.1 Å². The molecule has 1 aromatic heterocycles. The zero-order valence-electron chi connectivity index (χ0n) is 11.9. The Hall–Kier alpha value is -1.33. The number of aryl methyl sites for hydroxylation is 1. The molecule has 2 heterocycles. The highest BCUT2D eigenvalue weighted by Gasteiger charge is 2.31. The lowest BCUT2D eigenvalue weighted by molar-refractivity contribution is 0.0683. The Bertz CT molecular complexity index is 740. The molecule has 0 saturated carbocycles. The van der Waals surface area contributed by atoms with Crippen LogP contribution in [0.2, 0.25) is 5.02 Å². The minimum atomic E-state index is -0.833. The molecule has 2 atom stereocenters. The van der Waals surface area contributed by atoms with Crippen molar-refractivity contribution in [2.75, 3.05) is 18.1 Å². The maximum absolute atomic E-state index is 12.7. The van der Waals surface area contributed by atoms with Crippen molar-refractivity contribution < 1.29 is 13.4 Å². The number of amides is 1. The molecule has 0 bridgehead atoms. The summed E-state index contributed by atoms with van der Waals surface area (Å²) in [5.41, 5.74) is 1.35. The van der Waals surface area contributed by atoms with E-state index < -0.39 is 10.8 Å². The van der Waals surface area contributed by atoms with Crippen LogP contribution >= 0.6 is 11.6 Å². The van der Waals surface area contributed by atoms with Gasteiger partial charge in [-0.2, -0.15) is 0 Å². The molecule has 0 N–H and O–H groups in total. The summed E-state index contributed by atoms with van der Waals surface area (Å²) >= 11 is 6.12. The maximum atomic E-state index is 12.7. The van der Waals surface area contributed by atoms with Crippen LogP contribution in [0.1, 0.15) is 23.0 Å². The molecule has 0 spiro atoms. The fraction of sp³-hybridized carbons (Fsp3) is 0.400. The van der Waals surface area contributed by atoms with E-state index in [9.17, 15) is 9.00 Å². The molecule has 1 aromatic carbocycles. The number of carbonyl (C=O) groups is 1. The Morgan fingerprint density at radius 1 is 1.48 bits per heavy atom. The number of rotatable bonds is 1. The largest absolute Gasteiger partial charge is 0.449 e. The summed E-state index contributed by atoms with van der Waals surface area (Å²) in [7, 11) is -0.833. The Labute approximate surface area is 130 Å². The predicted octanol–water partition coefficient (Wildman–Crippen LogP) is 2.99. The predicted molar refractivity (Wildman–Crippen MR) is 84.3 cm³/mol. The van der Waals surface area contributed by atoms with Crippen molar-refractivity contribution in [3.05, 3.63) is 34.5 Å². The van der Waals surface area contributed by atoms with Gasteiger partial charge in [0, 0.05) is 45.8 Å². The van der Waals surface area contributed by atoms with Crippen molar-refractivity contribution in [3.63, 3.8) is 0 Å². The lowest BCUT2D eigenvalue weighted by Crippen LogP contribution is -2.48. The third-order valence-electron chi connectivity index (χ3n) is 3.89. The number of benzene rings is 1. The van der Waals surface area contributed by atoms with Crippen LogP contribution in [0.25, 0.3) is 11.0 Å². The van der Waals surface area contributed by atoms with Gasteiger partial charge in [0.25, 0.3) is 5.91 Å². The molecular formula is C15H16ClNO3S. The van der Waals surface area contributed by atoms with Crippen LogP contribution in [0.5, 0.6) is 0 Å². The Balaban J connectivity index is 2.00. The molecule has 0 unspecified atom stereocenters. The van der Waals surface area contributed by atoms with Gasteiger partial charge in [0.1, 0.15) is 0 Å². The Kier molecular flexibility index (Phi) is 3.80. The first-order valence-corrected chi connectivity index (χ1v) is 8.69. The van der Waals surface area contributed by atoms with Crippen LogP contribution in [0.3, 0.4) is 0 Å². The van der Waals surface area contributed by atoms with Crippen molar-refractivity contribution in [2.24, 2.45) is 0 Å². The molecule has 1 saturated heterocycles. The topological polar surface area (TPSA) is 50.5 Å². The number of fused-ring (bicyclic) bond motifs is 1. The van der Waals surface area contributed by atoms with Crippen LogP contribution in [0.15, 0.2) is 22.6 Å². The standard InChI is InChI=1S/C15H16ClNO3S/c1-9-8-21(19)7-6-17(9)15(18)13-10(2)11-4-3-5-12(16)14(11)20-13/h3-5,9H,6-8H2,1-2H3/t9-,21+/m1/s1. The number of nitrogens with zero attached hydrogens (tertiary/aromatic N) is 1.